The van der Waals surface area contributed by atoms with E-state index in [-0.39, 0.29) is 10.7 Å². The summed E-state index contributed by atoms with van der Waals surface area (Å²) in [5.41, 5.74) is 5.72. The maximum Gasteiger partial charge on any atom is 0.405 e. The number of aromatic nitrogens is 1. The predicted octanol–water partition coefficient (Wildman–Crippen LogP) is 2.49. The summed E-state index contributed by atoms with van der Waals surface area (Å²) in [4.78, 5) is 17.2. The lowest BCUT2D eigenvalue weighted by Crippen LogP contribution is -2.46. The summed E-state index contributed by atoms with van der Waals surface area (Å²) in [5, 5.41) is 18.9. The number of hydrogen-bond acceptors (Lipinski definition) is 6. The molecule has 0 bridgehead atoms. The maximum atomic E-state index is 11.0. The van der Waals surface area contributed by atoms with Gasteiger partial charge in [-0.15, -0.1) is 0 Å². The standard InChI is InChI=1S/C16H18ClN5O2/c1-3-10-11(8-18)13(17)21-14(12(10)9-19)22-6-4-16(2,5-7-22)24-15(20)23/h3-7H2,1-2H3,(H2,20,23). The molecule has 0 atom stereocenters. The maximum absolute atomic E-state index is 11.0. The molecule has 1 amide bonds. The van der Waals surface area contributed by atoms with Crippen LogP contribution in [-0.4, -0.2) is 29.8 Å². The van der Waals surface area contributed by atoms with E-state index in [0.29, 0.717) is 49.3 Å². The normalized spacial score (nSPS) is 16.1. The lowest BCUT2D eigenvalue weighted by molar-refractivity contribution is 0.0126. The fraction of sp³-hybridized carbons (Fsp3) is 0.500. The van der Waals surface area contributed by atoms with Crippen LogP contribution in [0.25, 0.3) is 0 Å². The molecule has 0 spiro atoms. The van der Waals surface area contributed by atoms with Crippen molar-refractivity contribution in [3.8, 4) is 12.1 Å². The first kappa shape index (κ1) is 17.8. The molecule has 0 aromatic carbocycles. The first-order valence-corrected chi connectivity index (χ1v) is 7.99. The Hall–Kier alpha value is -2.51. The van der Waals surface area contributed by atoms with E-state index in [4.69, 9.17) is 22.1 Å². The summed E-state index contributed by atoms with van der Waals surface area (Å²) in [6.07, 6.45) is 0.831. The van der Waals surface area contributed by atoms with Crippen LogP contribution in [0.3, 0.4) is 0 Å². The molecular formula is C16H18ClN5O2. The van der Waals surface area contributed by atoms with Gasteiger partial charge in [0.05, 0.1) is 11.1 Å². The number of pyridine rings is 1. The second-order valence-corrected chi connectivity index (χ2v) is 6.25. The van der Waals surface area contributed by atoms with Crippen LogP contribution in [0.1, 0.15) is 43.4 Å². The van der Waals surface area contributed by atoms with Gasteiger partial charge in [-0.25, -0.2) is 9.78 Å². The van der Waals surface area contributed by atoms with Crippen LogP contribution in [0.5, 0.6) is 0 Å². The van der Waals surface area contributed by atoms with Crippen LogP contribution in [0, 0.1) is 22.7 Å². The van der Waals surface area contributed by atoms with Crippen LogP contribution >= 0.6 is 11.6 Å². The van der Waals surface area contributed by atoms with Gasteiger partial charge in [0.1, 0.15) is 28.7 Å². The van der Waals surface area contributed by atoms with E-state index in [0.717, 1.165) is 0 Å². The smallest absolute Gasteiger partial charge is 0.405 e. The molecule has 2 N–H and O–H groups in total. The SMILES string of the molecule is CCc1c(C#N)c(Cl)nc(N2CCC(C)(OC(N)=O)CC2)c1C#N. The zero-order valence-electron chi connectivity index (χ0n) is 13.6. The summed E-state index contributed by atoms with van der Waals surface area (Å²) in [5.74, 6) is 0.472. The van der Waals surface area contributed by atoms with Crippen molar-refractivity contribution in [1.29, 1.82) is 10.5 Å². The molecule has 126 valence electrons. The Morgan fingerprint density at radius 1 is 1.38 bits per heavy atom. The summed E-state index contributed by atoms with van der Waals surface area (Å²) >= 11 is 6.13. The minimum atomic E-state index is -0.795. The van der Waals surface area contributed by atoms with Crippen LogP contribution < -0.4 is 10.6 Å². The van der Waals surface area contributed by atoms with Crippen LogP contribution in [0.2, 0.25) is 5.15 Å². The molecule has 7 nitrogen and oxygen atoms in total. The molecule has 24 heavy (non-hydrogen) atoms. The van der Waals surface area contributed by atoms with Crippen molar-refractivity contribution in [2.75, 3.05) is 18.0 Å². The molecule has 1 saturated heterocycles. The van der Waals surface area contributed by atoms with Gasteiger partial charge in [-0.3, -0.25) is 0 Å². The largest absolute Gasteiger partial charge is 0.443 e. The number of nitrogens with two attached hydrogens (primary N) is 1. The van der Waals surface area contributed by atoms with Crippen molar-refractivity contribution in [3.63, 3.8) is 0 Å². The number of piperidine rings is 1. The molecule has 1 aromatic rings. The molecule has 1 fully saturated rings. The van der Waals surface area contributed by atoms with E-state index >= 15 is 0 Å². The highest BCUT2D eigenvalue weighted by atomic mass is 35.5. The van der Waals surface area contributed by atoms with Crippen molar-refractivity contribution in [2.24, 2.45) is 5.73 Å². The van der Waals surface area contributed by atoms with Gasteiger partial charge < -0.3 is 15.4 Å². The van der Waals surface area contributed by atoms with Crippen molar-refractivity contribution in [1.82, 2.24) is 4.98 Å². The summed E-state index contributed by atoms with van der Waals surface area (Å²) in [6, 6.07) is 4.17. The van der Waals surface area contributed by atoms with Gasteiger partial charge >= 0.3 is 6.09 Å². The van der Waals surface area contributed by atoms with Crippen molar-refractivity contribution >= 4 is 23.5 Å². The number of carbonyl (C=O) groups excluding carboxylic acids is 1. The number of anilines is 1. The summed E-state index contributed by atoms with van der Waals surface area (Å²) in [6.45, 7) is 4.77. The van der Waals surface area contributed by atoms with E-state index in [1.165, 1.54) is 0 Å². The van der Waals surface area contributed by atoms with E-state index in [1.54, 1.807) is 0 Å². The predicted molar refractivity (Wildman–Crippen MR) is 88.6 cm³/mol. The van der Waals surface area contributed by atoms with Crippen molar-refractivity contribution in [2.45, 2.75) is 38.7 Å². The van der Waals surface area contributed by atoms with E-state index in [1.807, 2.05) is 24.8 Å². The fourth-order valence-electron chi connectivity index (χ4n) is 2.94. The minimum absolute atomic E-state index is 0.102. The van der Waals surface area contributed by atoms with Gasteiger partial charge in [0.25, 0.3) is 0 Å². The molecule has 0 unspecified atom stereocenters. The number of amides is 1. The highest BCUT2D eigenvalue weighted by molar-refractivity contribution is 6.30. The molecule has 1 aromatic heterocycles. The topological polar surface area (TPSA) is 116 Å². The fourth-order valence-corrected chi connectivity index (χ4v) is 3.18. The quantitative estimate of drug-likeness (QED) is 0.839. The number of rotatable bonds is 3. The van der Waals surface area contributed by atoms with Crippen LogP contribution in [0.4, 0.5) is 10.6 Å². The Morgan fingerprint density at radius 2 is 1.96 bits per heavy atom. The number of hydrogen-bond donors (Lipinski definition) is 1. The highest BCUT2D eigenvalue weighted by Crippen LogP contribution is 2.33. The number of primary amides is 1. The Kier molecular flexibility index (Phi) is 5.16. The first-order valence-electron chi connectivity index (χ1n) is 7.61. The van der Waals surface area contributed by atoms with Gasteiger partial charge in [0.15, 0.2) is 0 Å². The number of nitriles is 2. The Labute approximate surface area is 145 Å². The van der Waals surface area contributed by atoms with Gasteiger partial charge in [-0.1, -0.05) is 18.5 Å². The monoisotopic (exact) mass is 347 g/mol. The number of carbonyl (C=O) groups is 1. The molecular weight excluding hydrogens is 330 g/mol. The Bertz CT molecular complexity index is 742. The number of nitrogens with zero attached hydrogens (tertiary/aromatic N) is 4. The van der Waals surface area contributed by atoms with Crippen molar-refractivity contribution < 1.29 is 9.53 Å². The second kappa shape index (κ2) is 6.94. The molecule has 2 heterocycles. The van der Waals surface area contributed by atoms with Gasteiger partial charge in [-0.05, 0) is 18.9 Å². The molecule has 0 radical (unpaired) electrons. The zero-order valence-corrected chi connectivity index (χ0v) is 14.4. The lowest BCUT2D eigenvalue weighted by Gasteiger charge is -2.39. The molecule has 0 saturated carbocycles. The summed E-state index contributed by atoms with van der Waals surface area (Å²) < 4.78 is 5.18. The lowest BCUT2D eigenvalue weighted by atomic mass is 9.92. The summed E-state index contributed by atoms with van der Waals surface area (Å²) in [7, 11) is 0. The number of ether oxygens (including phenoxy) is 1. The first-order chi connectivity index (χ1) is 11.3. The third-order valence-corrected chi connectivity index (χ3v) is 4.56. The van der Waals surface area contributed by atoms with E-state index in [2.05, 4.69) is 11.1 Å². The molecule has 2 rings (SSSR count). The van der Waals surface area contributed by atoms with Crippen molar-refractivity contribution in [3.05, 3.63) is 21.8 Å². The zero-order chi connectivity index (χ0) is 17.9. The third-order valence-electron chi connectivity index (χ3n) is 4.28. The second-order valence-electron chi connectivity index (χ2n) is 5.89. The molecule has 1 aliphatic heterocycles. The van der Waals surface area contributed by atoms with Gasteiger partial charge in [-0.2, -0.15) is 10.5 Å². The number of halogens is 1. The molecule has 8 heteroatoms. The van der Waals surface area contributed by atoms with Gasteiger partial charge in [0, 0.05) is 25.9 Å². The van der Waals surface area contributed by atoms with Crippen LogP contribution in [0.15, 0.2) is 0 Å². The Balaban J connectivity index is 2.35. The average molecular weight is 348 g/mol. The third kappa shape index (κ3) is 3.37. The minimum Gasteiger partial charge on any atom is -0.443 e. The average Bonchev–Trinajstić information content (AvgIpc) is 2.53. The van der Waals surface area contributed by atoms with E-state index < -0.39 is 11.7 Å². The van der Waals surface area contributed by atoms with Gasteiger partial charge in [0.2, 0.25) is 0 Å². The molecule has 0 aliphatic carbocycles. The van der Waals surface area contributed by atoms with E-state index in [9.17, 15) is 15.3 Å². The molecule has 1 aliphatic rings. The Morgan fingerprint density at radius 3 is 2.42 bits per heavy atom. The van der Waals surface area contributed by atoms with Crippen LogP contribution in [-0.2, 0) is 11.2 Å². The highest BCUT2D eigenvalue weighted by Gasteiger charge is 2.35.